The van der Waals surface area contributed by atoms with E-state index in [9.17, 15) is 14.4 Å². The summed E-state index contributed by atoms with van der Waals surface area (Å²) >= 11 is 0. The van der Waals surface area contributed by atoms with Gasteiger partial charge in [-0.2, -0.15) is 0 Å². The number of amides is 3. The van der Waals surface area contributed by atoms with Crippen molar-refractivity contribution in [2.45, 2.75) is 52.1 Å². The number of carbonyl (C=O) groups excluding carboxylic acids is 3. The molecule has 0 aliphatic carbocycles. The van der Waals surface area contributed by atoms with E-state index in [0.29, 0.717) is 34.3 Å². The minimum Gasteiger partial charge on any atom is -0.495 e. The molecule has 2 aromatic carbocycles. The molecule has 0 spiro atoms. The van der Waals surface area contributed by atoms with Crippen molar-refractivity contribution in [1.82, 2.24) is 10.5 Å². The van der Waals surface area contributed by atoms with Crippen LogP contribution in [0.4, 0.5) is 11.5 Å². The Morgan fingerprint density at radius 1 is 0.950 bits per heavy atom. The van der Waals surface area contributed by atoms with Gasteiger partial charge in [0.1, 0.15) is 17.6 Å². The van der Waals surface area contributed by atoms with Crippen molar-refractivity contribution in [2.75, 3.05) is 31.5 Å². The Morgan fingerprint density at radius 3 is 2.23 bits per heavy atom. The van der Waals surface area contributed by atoms with Gasteiger partial charge < -0.3 is 29.4 Å². The number of aryl methyl sites for hydroxylation is 1. The molecule has 1 unspecified atom stereocenters. The van der Waals surface area contributed by atoms with Crippen molar-refractivity contribution in [2.24, 2.45) is 0 Å². The maximum atomic E-state index is 14.0. The molecule has 1 heterocycles. The van der Waals surface area contributed by atoms with Crippen LogP contribution in [0.15, 0.2) is 53.1 Å². The van der Waals surface area contributed by atoms with Crippen molar-refractivity contribution in [3.63, 3.8) is 0 Å². The van der Waals surface area contributed by atoms with Crippen molar-refractivity contribution in [3.8, 4) is 17.2 Å². The summed E-state index contributed by atoms with van der Waals surface area (Å²) < 4.78 is 21.7. The quantitative estimate of drug-likeness (QED) is 0.357. The first-order valence-electron chi connectivity index (χ1n) is 12.7. The van der Waals surface area contributed by atoms with Crippen LogP contribution in [0.3, 0.4) is 0 Å². The summed E-state index contributed by atoms with van der Waals surface area (Å²) in [6.07, 6.45) is -0.383. The van der Waals surface area contributed by atoms with Crippen molar-refractivity contribution in [3.05, 3.63) is 59.9 Å². The SMILES string of the molecule is COc1ccccc1N(C(=O)CCC(=O)Nc1cc(C)on1)C(C(=O)NC(C)(C)C)c1cccc(OC)c1OC. The Kier molecular flexibility index (Phi) is 9.76. The van der Waals surface area contributed by atoms with Crippen molar-refractivity contribution >= 4 is 29.2 Å². The fourth-order valence-electron chi connectivity index (χ4n) is 4.18. The lowest BCUT2D eigenvalue weighted by Crippen LogP contribution is -2.49. The van der Waals surface area contributed by atoms with Crippen LogP contribution in [0.25, 0.3) is 0 Å². The molecule has 0 bridgehead atoms. The lowest BCUT2D eigenvalue weighted by atomic mass is 9.98. The van der Waals surface area contributed by atoms with Gasteiger partial charge in [-0.3, -0.25) is 19.3 Å². The zero-order valence-corrected chi connectivity index (χ0v) is 23.9. The maximum Gasteiger partial charge on any atom is 0.248 e. The van der Waals surface area contributed by atoms with E-state index in [1.165, 1.54) is 26.2 Å². The zero-order chi connectivity index (χ0) is 29.4. The molecule has 1 aromatic heterocycles. The average Bonchev–Trinajstić information content (AvgIpc) is 3.32. The number of carbonyl (C=O) groups is 3. The fraction of sp³-hybridized carbons (Fsp3) is 0.379. The van der Waals surface area contributed by atoms with E-state index in [1.54, 1.807) is 55.5 Å². The van der Waals surface area contributed by atoms with E-state index in [0.717, 1.165) is 0 Å². The van der Waals surface area contributed by atoms with Gasteiger partial charge in [0.25, 0.3) is 0 Å². The number of hydrogen-bond acceptors (Lipinski definition) is 8. The van der Waals surface area contributed by atoms with Crippen LogP contribution >= 0.6 is 0 Å². The van der Waals surface area contributed by atoms with Crippen LogP contribution < -0.4 is 29.7 Å². The van der Waals surface area contributed by atoms with Crippen LogP contribution in [0.2, 0.25) is 0 Å². The van der Waals surface area contributed by atoms with E-state index in [1.807, 2.05) is 20.8 Å². The van der Waals surface area contributed by atoms with Crippen molar-refractivity contribution in [1.29, 1.82) is 0 Å². The largest absolute Gasteiger partial charge is 0.495 e. The Labute approximate surface area is 233 Å². The number of benzene rings is 2. The summed E-state index contributed by atoms with van der Waals surface area (Å²) in [5.74, 6) is 0.462. The van der Waals surface area contributed by atoms with E-state index < -0.39 is 29.3 Å². The topological polar surface area (TPSA) is 132 Å². The third-order valence-corrected chi connectivity index (χ3v) is 5.81. The standard InChI is InChI=1S/C29H36N4O7/c1-18-17-23(32-40-18)30-24(34)15-16-25(35)33(20-12-8-9-13-21(20)37-5)26(28(36)31-29(2,3)4)19-11-10-14-22(38-6)27(19)39-7/h8-14,17,26H,15-16H2,1-7H3,(H,31,36)(H,30,32,34). The van der Waals surface area contributed by atoms with Crippen LogP contribution in [0.5, 0.6) is 17.2 Å². The highest BCUT2D eigenvalue weighted by Crippen LogP contribution is 2.41. The predicted molar refractivity (Wildman–Crippen MR) is 150 cm³/mol. The molecule has 11 heteroatoms. The Hall–Kier alpha value is -4.54. The molecule has 0 saturated carbocycles. The molecular weight excluding hydrogens is 516 g/mol. The lowest BCUT2D eigenvalue weighted by Gasteiger charge is -2.35. The van der Waals surface area contributed by atoms with Gasteiger partial charge in [-0.15, -0.1) is 0 Å². The minimum absolute atomic E-state index is 0.167. The van der Waals surface area contributed by atoms with Gasteiger partial charge in [0.15, 0.2) is 17.3 Å². The number of nitrogens with zero attached hydrogens (tertiary/aromatic N) is 2. The van der Waals surface area contributed by atoms with Gasteiger partial charge in [-0.1, -0.05) is 29.4 Å². The van der Waals surface area contributed by atoms with Crippen LogP contribution in [0.1, 0.15) is 51.0 Å². The third-order valence-electron chi connectivity index (χ3n) is 5.81. The Bertz CT molecular complexity index is 1350. The summed E-state index contributed by atoms with van der Waals surface area (Å²) in [4.78, 5) is 42.0. The van der Waals surface area contributed by atoms with E-state index in [4.69, 9.17) is 18.7 Å². The highest BCUT2D eigenvalue weighted by Gasteiger charge is 2.38. The molecule has 0 fully saturated rings. The molecule has 0 saturated heterocycles. The first kappa shape index (κ1) is 30.0. The van der Waals surface area contributed by atoms with Gasteiger partial charge in [0, 0.05) is 30.0 Å². The second-order valence-corrected chi connectivity index (χ2v) is 10.0. The molecule has 3 aromatic rings. The molecule has 3 amide bonds. The average molecular weight is 553 g/mol. The number of rotatable bonds is 11. The molecule has 11 nitrogen and oxygen atoms in total. The maximum absolute atomic E-state index is 14.0. The van der Waals surface area contributed by atoms with E-state index >= 15 is 0 Å². The molecule has 0 aliphatic rings. The monoisotopic (exact) mass is 552 g/mol. The number of methoxy groups -OCH3 is 3. The van der Waals surface area contributed by atoms with Gasteiger partial charge in [-0.05, 0) is 45.9 Å². The van der Waals surface area contributed by atoms with E-state index in [2.05, 4.69) is 15.8 Å². The number of hydrogen-bond donors (Lipinski definition) is 2. The Balaban J connectivity index is 2.10. The number of anilines is 2. The minimum atomic E-state index is -1.20. The molecule has 40 heavy (non-hydrogen) atoms. The Morgan fingerprint density at radius 2 is 1.62 bits per heavy atom. The normalized spacial score (nSPS) is 11.8. The van der Waals surface area contributed by atoms with Crippen LogP contribution in [-0.4, -0.2) is 49.7 Å². The molecule has 214 valence electrons. The number of nitrogens with one attached hydrogen (secondary N) is 2. The molecule has 2 N–H and O–H groups in total. The summed E-state index contributed by atoms with van der Waals surface area (Å²) in [6, 6.07) is 12.4. The van der Waals surface area contributed by atoms with Gasteiger partial charge >= 0.3 is 0 Å². The summed E-state index contributed by atoms with van der Waals surface area (Å²) in [7, 11) is 4.43. The molecular formula is C29H36N4O7. The first-order chi connectivity index (χ1) is 19.0. The summed E-state index contributed by atoms with van der Waals surface area (Å²) in [6.45, 7) is 7.23. The number of para-hydroxylation sites is 3. The fourth-order valence-corrected chi connectivity index (χ4v) is 4.18. The van der Waals surface area contributed by atoms with Gasteiger partial charge in [0.2, 0.25) is 17.7 Å². The van der Waals surface area contributed by atoms with Gasteiger partial charge in [-0.25, -0.2) is 0 Å². The lowest BCUT2D eigenvalue weighted by molar-refractivity contribution is -0.128. The zero-order valence-electron chi connectivity index (χ0n) is 23.9. The van der Waals surface area contributed by atoms with Crippen molar-refractivity contribution < 1.29 is 33.1 Å². The van der Waals surface area contributed by atoms with Gasteiger partial charge in [0.05, 0.1) is 27.0 Å². The number of ether oxygens (including phenoxy) is 3. The highest BCUT2D eigenvalue weighted by molar-refractivity contribution is 6.04. The third kappa shape index (κ3) is 7.31. The smallest absolute Gasteiger partial charge is 0.248 e. The number of aromatic nitrogens is 1. The first-order valence-corrected chi connectivity index (χ1v) is 12.7. The predicted octanol–water partition coefficient (Wildman–Crippen LogP) is 4.42. The van der Waals surface area contributed by atoms with Crippen LogP contribution in [0, 0.1) is 6.92 Å². The van der Waals surface area contributed by atoms with Crippen LogP contribution in [-0.2, 0) is 14.4 Å². The molecule has 1 atom stereocenters. The highest BCUT2D eigenvalue weighted by atomic mass is 16.5. The van der Waals surface area contributed by atoms with E-state index in [-0.39, 0.29) is 18.7 Å². The second-order valence-electron chi connectivity index (χ2n) is 10.0. The summed E-state index contributed by atoms with van der Waals surface area (Å²) in [5.41, 5.74) is 0.124. The molecule has 0 aliphatic heterocycles. The summed E-state index contributed by atoms with van der Waals surface area (Å²) in [5, 5.41) is 9.34. The second kappa shape index (κ2) is 13.0. The molecule has 3 rings (SSSR count). The molecule has 0 radical (unpaired) electrons.